The normalized spacial score (nSPS) is 23.7. The van der Waals surface area contributed by atoms with E-state index in [-0.39, 0.29) is 0 Å². The highest BCUT2D eigenvalue weighted by molar-refractivity contribution is 5.53. The van der Waals surface area contributed by atoms with Crippen molar-refractivity contribution in [2.24, 2.45) is 11.8 Å². The summed E-state index contributed by atoms with van der Waals surface area (Å²) in [5.41, 5.74) is 0. The Bertz CT molecular complexity index is 700. The highest BCUT2D eigenvalue weighted by Gasteiger charge is 2.45. The summed E-state index contributed by atoms with van der Waals surface area (Å²) in [6, 6.07) is 3.87. The first kappa shape index (κ1) is 15.4. The molecule has 1 saturated carbocycles. The number of hydrogen-bond donors (Lipinski definition) is 1. The van der Waals surface area contributed by atoms with Gasteiger partial charge < -0.3 is 14.4 Å². The summed E-state index contributed by atoms with van der Waals surface area (Å²) in [5.74, 6) is 5.10. The van der Waals surface area contributed by atoms with Crippen LogP contribution >= 0.6 is 0 Å². The van der Waals surface area contributed by atoms with Crippen LogP contribution < -0.4 is 9.64 Å². The Hall–Kier alpha value is -2.15. The lowest BCUT2D eigenvalue weighted by atomic mass is 9.91. The van der Waals surface area contributed by atoms with Gasteiger partial charge in [0.1, 0.15) is 6.61 Å². The van der Waals surface area contributed by atoms with E-state index in [9.17, 15) is 0 Å². The molecule has 2 atom stereocenters. The Morgan fingerprint density at radius 2 is 2.17 bits per heavy atom. The number of aromatic amines is 1. The number of ether oxygens (including phenoxy) is 2. The standard InChI is InChI=1S/C17H23N5O2/c1-23-10-15-19-16(21-20-15)13-9-22(8-12(13)11-5-6-11)17-14(24-2)4-3-7-18-17/h3-4,7,11-13H,5-6,8-10H2,1-2H3,(H,19,20,21)/t12-,13+/m1/s1. The van der Waals surface area contributed by atoms with Gasteiger partial charge in [0.05, 0.1) is 7.11 Å². The second kappa shape index (κ2) is 6.39. The number of aromatic nitrogens is 4. The molecule has 2 fully saturated rings. The first-order chi connectivity index (χ1) is 11.8. The molecular weight excluding hydrogens is 306 g/mol. The van der Waals surface area contributed by atoms with Gasteiger partial charge in [0.15, 0.2) is 23.2 Å². The molecule has 1 N–H and O–H groups in total. The van der Waals surface area contributed by atoms with Gasteiger partial charge in [0, 0.05) is 32.3 Å². The van der Waals surface area contributed by atoms with Crippen molar-refractivity contribution in [1.29, 1.82) is 0 Å². The van der Waals surface area contributed by atoms with Crippen LogP contribution in [0, 0.1) is 11.8 Å². The number of anilines is 1. The van der Waals surface area contributed by atoms with E-state index in [0.717, 1.165) is 42.2 Å². The van der Waals surface area contributed by atoms with Crippen molar-refractivity contribution < 1.29 is 9.47 Å². The lowest BCUT2D eigenvalue weighted by molar-refractivity contribution is 0.178. The Balaban J connectivity index is 1.59. The molecule has 2 aliphatic rings. The maximum Gasteiger partial charge on any atom is 0.171 e. The number of rotatable bonds is 6. The van der Waals surface area contributed by atoms with Gasteiger partial charge in [-0.25, -0.2) is 9.97 Å². The lowest BCUT2D eigenvalue weighted by Gasteiger charge is -2.19. The van der Waals surface area contributed by atoms with Gasteiger partial charge in [-0.2, -0.15) is 5.10 Å². The lowest BCUT2D eigenvalue weighted by Crippen LogP contribution is -2.22. The maximum atomic E-state index is 5.49. The van der Waals surface area contributed by atoms with Crippen molar-refractivity contribution in [3.05, 3.63) is 30.0 Å². The number of nitrogens with zero attached hydrogens (tertiary/aromatic N) is 4. The van der Waals surface area contributed by atoms with Gasteiger partial charge in [-0.3, -0.25) is 5.10 Å². The van der Waals surface area contributed by atoms with Crippen molar-refractivity contribution in [3.63, 3.8) is 0 Å². The van der Waals surface area contributed by atoms with Crippen LogP contribution in [0.25, 0.3) is 0 Å². The van der Waals surface area contributed by atoms with E-state index < -0.39 is 0 Å². The molecule has 24 heavy (non-hydrogen) atoms. The fourth-order valence-electron chi connectivity index (χ4n) is 3.73. The summed E-state index contributed by atoms with van der Waals surface area (Å²) >= 11 is 0. The molecule has 1 aliphatic heterocycles. The van der Waals surface area contributed by atoms with Gasteiger partial charge >= 0.3 is 0 Å². The van der Waals surface area contributed by atoms with Crippen molar-refractivity contribution in [2.45, 2.75) is 25.4 Å². The van der Waals surface area contributed by atoms with Crippen LogP contribution in [-0.2, 0) is 11.3 Å². The number of hydrogen-bond acceptors (Lipinski definition) is 6. The number of methoxy groups -OCH3 is 2. The monoisotopic (exact) mass is 329 g/mol. The van der Waals surface area contributed by atoms with Crippen LogP contribution in [0.4, 0.5) is 5.82 Å². The minimum absolute atomic E-state index is 0.325. The molecule has 1 aliphatic carbocycles. The SMILES string of the molecule is COCc1nc([C@H]2CN(c3ncccc3OC)C[C@@H]2C2CC2)n[nH]1. The Morgan fingerprint density at radius 1 is 1.29 bits per heavy atom. The molecule has 0 unspecified atom stereocenters. The van der Waals surface area contributed by atoms with E-state index in [0.29, 0.717) is 18.4 Å². The molecule has 3 heterocycles. The van der Waals surface area contributed by atoms with Crippen LogP contribution in [0.1, 0.15) is 30.4 Å². The molecule has 128 valence electrons. The quantitative estimate of drug-likeness (QED) is 0.873. The summed E-state index contributed by atoms with van der Waals surface area (Å²) < 4.78 is 10.6. The van der Waals surface area contributed by atoms with Gasteiger partial charge in [0.2, 0.25) is 0 Å². The van der Waals surface area contributed by atoms with Crippen molar-refractivity contribution >= 4 is 5.82 Å². The number of pyridine rings is 1. The van der Waals surface area contributed by atoms with Crippen LogP contribution in [0.3, 0.4) is 0 Å². The van der Waals surface area contributed by atoms with Crippen LogP contribution in [0.15, 0.2) is 18.3 Å². The summed E-state index contributed by atoms with van der Waals surface area (Å²) in [5, 5.41) is 7.45. The van der Waals surface area contributed by atoms with Crippen LogP contribution in [0.2, 0.25) is 0 Å². The third-order valence-electron chi connectivity index (χ3n) is 5.02. The Kier molecular flexibility index (Phi) is 4.10. The van der Waals surface area contributed by atoms with Crippen molar-refractivity contribution in [1.82, 2.24) is 20.2 Å². The summed E-state index contributed by atoms with van der Waals surface area (Å²) in [7, 11) is 3.36. The third-order valence-corrected chi connectivity index (χ3v) is 5.02. The molecule has 2 aromatic heterocycles. The zero-order valence-corrected chi connectivity index (χ0v) is 14.1. The highest BCUT2D eigenvalue weighted by atomic mass is 16.5. The largest absolute Gasteiger partial charge is 0.493 e. The first-order valence-electron chi connectivity index (χ1n) is 8.44. The molecule has 1 saturated heterocycles. The first-order valence-corrected chi connectivity index (χ1v) is 8.44. The maximum absolute atomic E-state index is 5.49. The summed E-state index contributed by atoms with van der Waals surface area (Å²) in [6.07, 6.45) is 4.44. The Labute approximate surface area is 141 Å². The fraction of sp³-hybridized carbons (Fsp3) is 0.588. The van der Waals surface area contributed by atoms with Crippen LogP contribution in [0.5, 0.6) is 5.75 Å². The smallest absolute Gasteiger partial charge is 0.171 e. The minimum Gasteiger partial charge on any atom is -0.493 e. The minimum atomic E-state index is 0.325. The molecule has 0 spiro atoms. The summed E-state index contributed by atoms with van der Waals surface area (Å²) in [6.45, 7) is 2.32. The Morgan fingerprint density at radius 3 is 2.92 bits per heavy atom. The molecule has 0 bridgehead atoms. The predicted octanol–water partition coefficient (Wildman–Crippen LogP) is 1.98. The molecule has 0 radical (unpaired) electrons. The predicted molar refractivity (Wildman–Crippen MR) is 89.1 cm³/mol. The fourth-order valence-corrected chi connectivity index (χ4v) is 3.73. The molecule has 0 amide bonds. The van der Waals surface area contributed by atoms with E-state index in [2.05, 4.69) is 25.1 Å². The highest BCUT2D eigenvalue weighted by Crippen LogP contribution is 2.48. The molecule has 7 heteroatoms. The topological polar surface area (TPSA) is 76.2 Å². The van der Waals surface area contributed by atoms with E-state index in [4.69, 9.17) is 9.47 Å². The average Bonchev–Trinajstić information content (AvgIpc) is 3.19. The van der Waals surface area contributed by atoms with Gasteiger partial charge in [-0.15, -0.1) is 0 Å². The zero-order valence-electron chi connectivity index (χ0n) is 14.1. The van der Waals surface area contributed by atoms with E-state index in [1.165, 1.54) is 12.8 Å². The van der Waals surface area contributed by atoms with Crippen LogP contribution in [-0.4, -0.2) is 47.5 Å². The van der Waals surface area contributed by atoms with E-state index in [1.807, 2.05) is 18.3 Å². The second-order valence-electron chi connectivity index (χ2n) is 6.62. The number of nitrogens with one attached hydrogen (secondary N) is 1. The van der Waals surface area contributed by atoms with Gasteiger partial charge in [-0.1, -0.05) is 0 Å². The molecule has 0 aromatic carbocycles. The third kappa shape index (κ3) is 2.84. The van der Waals surface area contributed by atoms with Crippen molar-refractivity contribution in [3.8, 4) is 5.75 Å². The summed E-state index contributed by atoms with van der Waals surface area (Å²) in [4.78, 5) is 11.5. The number of H-pyrrole nitrogens is 1. The van der Waals surface area contributed by atoms with E-state index >= 15 is 0 Å². The molecule has 2 aromatic rings. The van der Waals surface area contributed by atoms with Crippen molar-refractivity contribution in [2.75, 3.05) is 32.2 Å². The molecular formula is C17H23N5O2. The molecule has 7 nitrogen and oxygen atoms in total. The zero-order chi connectivity index (χ0) is 16.5. The average molecular weight is 329 g/mol. The second-order valence-corrected chi connectivity index (χ2v) is 6.62. The van der Waals surface area contributed by atoms with E-state index in [1.54, 1.807) is 14.2 Å². The van der Waals surface area contributed by atoms with Gasteiger partial charge in [0.25, 0.3) is 0 Å². The molecule has 4 rings (SSSR count). The van der Waals surface area contributed by atoms with Gasteiger partial charge in [-0.05, 0) is 36.8 Å².